The monoisotopic (exact) mass is 331 g/mol. The largest absolute Gasteiger partial charge is 0.489 e. The molecule has 2 aromatic rings. The summed E-state index contributed by atoms with van der Waals surface area (Å²) < 4.78 is 11.4. The molecule has 0 bridgehead atoms. The van der Waals surface area contributed by atoms with E-state index in [1.54, 1.807) is 0 Å². The number of aryl methyl sites for hydroxylation is 1. The van der Waals surface area contributed by atoms with Gasteiger partial charge >= 0.3 is 0 Å². The molecule has 1 fully saturated rings. The fourth-order valence-electron chi connectivity index (χ4n) is 2.53. The Morgan fingerprint density at radius 1 is 1.35 bits per heavy atom. The molecule has 5 heteroatoms. The zero-order valence-corrected chi connectivity index (χ0v) is 14.0. The van der Waals surface area contributed by atoms with Crippen LogP contribution in [0.5, 0.6) is 5.75 Å². The van der Waals surface area contributed by atoms with Gasteiger partial charge < -0.3 is 14.8 Å². The van der Waals surface area contributed by atoms with Crippen LogP contribution < -0.4 is 10.1 Å². The third kappa shape index (κ3) is 4.12. The van der Waals surface area contributed by atoms with Crippen LogP contribution >= 0.6 is 11.3 Å². The summed E-state index contributed by atoms with van der Waals surface area (Å²) >= 11 is 1.53. The van der Waals surface area contributed by atoms with Gasteiger partial charge in [0.05, 0.1) is 16.7 Å². The van der Waals surface area contributed by atoms with Crippen LogP contribution in [0.4, 0.5) is 5.69 Å². The number of carbonyl (C=O) groups excluding carboxylic acids is 1. The van der Waals surface area contributed by atoms with E-state index in [4.69, 9.17) is 9.47 Å². The maximum Gasteiger partial charge on any atom is 0.265 e. The molecule has 4 nitrogen and oxygen atoms in total. The van der Waals surface area contributed by atoms with Crippen LogP contribution in [0.1, 0.15) is 34.3 Å². The first-order chi connectivity index (χ1) is 11.3. The Balaban J connectivity index is 1.65. The van der Waals surface area contributed by atoms with Gasteiger partial charge in [-0.2, -0.15) is 0 Å². The molecule has 1 N–H and O–H groups in total. The summed E-state index contributed by atoms with van der Waals surface area (Å²) in [6.07, 6.45) is 3.22. The lowest BCUT2D eigenvalue weighted by Crippen LogP contribution is -2.17. The van der Waals surface area contributed by atoms with E-state index in [1.165, 1.54) is 16.2 Å². The number of anilines is 1. The van der Waals surface area contributed by atoms with E-state index in [1.807, 2.05) is 36.4 Å². The van der Waals surface area contributed by atoms with Crippen LogP contribution in [-0.2, 0) is 11.2 Å². The van der Waals surface area contributed by atoms with E-state index in [-0.39, 0.29) is 12.0 Å². The summed E-state index contributed by atoms with van der Waals surface area (Å²) in [4.78, 5) is 14.3. The molecule has 1 aromatic carbocycles. The van der Waals surface area contributed by atoms with Crippen molar-refractivity contribution < 1.29 is 14.3 Å². The molecule has 1 aliphatic rings. The van der Waals surface area contributed by atoms with Crippen LogP contribution in [0.25, 0.3) is 0 Å². The number of thiophene rings is 1. The number of carbonyl (C=O) groups is 1. The number of benzene rings is 1. The van der Waals surface area contributed by atoms with Gasteiger partial charge in [0.2, 0.25) is 0 Å². The van der Waals surface area contributed by atoms with E-state index in [0.717, 1.165) is 30.7 Å². The van der Waals surface area contributed by atoms with E-state index in [0.29, 0.717) is 18.0 Å². The van der Waals surface area contributed by atoms with Gasteiger partial charge in [-0.3, -0.25) is 4.79 Å². The standard InChI is InChI=1S/C18H21NO3S/c1-2-14-9-10-17(23-14)18(20)19-15-7-3-4-8-16(15)22-12-13-6-5-11-21-13/h3-4,7-10,13H,2,5-6,11-12H2,1H3,(H,19,20). The minimum Gasteiger partial charge on any atom is -0.489 e. The normalized spacial score (nSPS) is 17.2. The third-order valence-electron chi connectivity index (χ3n) is 3.82. The minimum absolute atomic E-state index is 0.0946. The smallest absolute Gasteiger partial charge is 0.265 e. The van der Waals surface area contributed by atoms with Crippen molar-refractivity contribution in [2.24, 2.45) is 0 Å². The van der Waals surface area contributed by atoms with Crippen LogP contribution in [0.3, 0.4) is 0 Å². The molecular weight excluding hydrogens is 310 g/mol. The van der Waals surface area contributed by atoms with Crippen LogP contribution in [0.2, 0.25) is 0 Å². The van der Waals surface area contributed by atoms with Gasteiger partial charge in [-0.05, 0) is 43.5 Å². The molecule has 0 saturated carbocycles. The molecule has 122 valence electrons. The van der Waals surface area contributed by atoms with Crippen molar-refractivity contribution in [3.63, 3.8) is 0 Å². The highest BCUT2D eigenvalue weighted by molar-refractivity contribution is 7.14. The maximum absolute atomic E-state index is 12.4. The number of nitrogens with one attached hydrogen (secondary N) is 1. The molecule has 0 radical (unpaired) electrons. The third-order valence-corrected chi connectivity index (χ3v) is 5.05. The van der Waals surface area contributed by atoms with E-state index in [2.05, 4.69) is 12.2 Å². The number of hydrogen-bond donors (Lipinski definition) is 1. The Kier molecular flexibility index (Phi) is 5.31. The second kappa shape index (κ2) is 7.62. The average Bonchev–Trinajstić information content (AvgIpc) is 3.25. The maximum atomic E-state index is 12.4. The predicted molar refractivity (Wildman–Crippen MR) is 92.6 cm³/mol. The Morgan fingerprint density at radius 3 is 2.96 bits per heavy atom. The first-order valence-electron chi connectivity index (χ1n) is 7.99. The minimum atomic E-state index is -0.0946. The lowest BCUT2D eigenvalue weighted by atomic mass is 10.2. The van der Waals surface area contributed by atoms with Gasteiger partial charge in [-0.15, -0.1) is 11.3 Å². The van der Waals surface area contributed by atoms with Crippen molar-refractivity contribution in [2.75, 3.05) is 18.5 Å². The zero-order chi connectivity index (χ0) is 16.1. The van der Waals surface area contributed by atoms with E-state index < -0.39 is 0 Å². The molecule has 0 spiro atoms. The van der Waals surface area contributed by atoms with Crippen LogP contribution in [-0.4, -0.2) is 25.2 Å². The Bertz CT molecular complexity index is 662. The predicted octanol–water partition coefficient (Wildman–Crippen LogP) is 4.12. The highest BCUT2D eigenvalue weighted by Gasteiger charge is 2.17. The molecule has 1 unspecified atom stereocenters. The van der Waals surface area contributed by atoms with Crippen molar-refractivity contribution in [2.45, 2.75) is 32.3 Å². The van der Waals surface area contributed by atoms with Gasteiger partial charge in [0.15, 0.2) is 0 Å². The Morgan fingerprint density at radius 2 is 2.22 bits per heavy atom. The van der Waals surface area contributed by atoms with E-state index >= 15 is 0 Å². The number of para-hydroxylation sites is 2. The number of rotatable bonds is 6. The highest BCUT2D eigenvalue weighted by atomic mass is 32.1. The first kappa shape index (κ1) is 16.0. The topological polar surface area (TPSA) is 47.6 Å². The summed E-state index contributed by atoms with van der Waals surface area (Å²) in [6.45, 7) is 3.41. The van der Waals surface area contributed by atoms with Crippen LogP contribution in [0.15, 0.2) is 36.4 Å². The molecule has 0 aliphatic carbocycles. The van der Waals surface area contributed by atoms with Gasteiger partial charge in [-0.1, -0.05) is 19.1 Å². The Hall–Kier alpha value is -1.85. The second-order valence-corrected chi connectivity index (χ2v) is 6.68. The summed E-state index contributed by atoms with van der Waals surface area (Å²) in [5, 5.41) is 2.95. The zero-order valence-electron chi connectivity index (χ0n) is 13.2. The number of amides is 1. The first-order valence-corrected chi connectivity index (χ1v) is 8.81. The number of ether oxygens (including phenoxy) is 2. The molecule has 1 aliphatic heterocycles. The second-order valence-electron chi connectivity index (χ2n) is 5.52. The molecular formula is C18H21NO3S. The van der Waals surface area contributed by atoms with Crippen molar-refractivity contribution in [3.8, 4) is 5.75 Å². The summed E-state index contributed by atoms with van der Waals surface area (Å²) in [6, 6.07) is 11.4. The van der Waals surface area contributed by atoms with Crippen molar-refractivity contribution >= 4 is 22.9 Å². The summed E-state index contributed by atoms with van der Waals surface area (Å²) in [5.74, 6) is 0.589. The van der Waals surface area contributed by atoms with Gasteiger partial charge in [0, 0.05) is 11.5 Å². The highest BCUT2D eigenvalue weighted by Crippen LogP contribution is 2.26. The molecule has 1 atom stereocenters. The number of hydrogen-bond acceptors (Lipinski definition) is 4. The van der Waals surface area contributed by atoms with Crippen molar-refractivity contribution in [3.05, 3.63) is 46.2 Å². The lowest BCUT2D eigenvalue weighted by Gasteiger charge is -2.14. The molecule has 23 heavy (non-hydrogen) atoms. The molecule has 2 heterocycles. The SMILES string of the molecule is CCc1ccc(C(=O)Nc2ccccc2OCC2CCCO2)s1. The molecule has 1 aromatic heterocycles. The average molecular weight is 331 g/mol. The Labute approximate surface area is 140 Å². The molecule has 1 saturated heterocycles. The summed E-state index contributed by atoms with van der Waals surface area (Å²) in [7, 11) is 0. The fourth-order valence-corrected chi connectivity index (χ4v) is 3.37. The van der Waals surface area contributed by atoms with Gasteiger partial charge in [0.25, 0.3) is 5.91 Å². The van der Waals surface area contributed by atoms with Crippen LogP contribution in [0, 0.1) is 0 Å². The summed E-state index contributed by atoms with van der Waals surface area (Å²) in [5.41, 5.74) is 0.696. The van der Waals surface area contributed by atoms with Crippen molar-refractivity contribution in [1.82, 2.24) is 0 Å². The molecule has 3 rings (SSSR count). The fraction of sp³-hybridized carbons (Fsp3) is 0.389. The van der Waals surface area contributed by atoms with Gasteiger partial charge in [0.1, 0.15) is 12.4 Å². The van der Waals surface area contributed by atoms with Crippen molar-refractivity contribution in [1.29, 1.82) is 0 Å². The van der Waals surface area contributed by atoms with E-state index in [9.17, 15) is 4.79 Å². The molecule has 1 amide bonds. The lowest BCUT2D eigenvalue weighted by molar-refractivity contribution is 0.0682. The van der Waals surface area contributed by atoms with Gasteiger partial charge in [-0.25, -0.2) is 0 Å². The quantitative estimate of drug-likeness (QED) is 0.866.